The lowest BCUT2D eigenvalue weighted by Gasteiger charge is -2.09. The Balaban J connectivity index is 2.91. The number of amides is 1. The van der Waals surface area contributed by atoms with Gasteiger partial charge in [0.15, 0.2) is 0 Å². The Morgan fingerprint density at radius 3 is 2.36 bits per heavy atom. The molecule has 1 amide bonds. The second-order valence-electron chi connectivity index (χ2n) is 2.70. The molecule has 5 heteroatoms. The maximum Gasteiger partial charge on any atom is 0.237 e. The second kappa shape index (κ2) is 5.01. The number of halogens is 3. The first-order valence-corrected chi connectivity index (χ1v) is 5.58. The van der Waals surface area contributed by atoms with Crippen LogP contribution in [0.4, 0.5) is 5.69 Å². The normalized spacial score (nSPS) is 12.3. The van der Waals surface area contributed by atoms with Crippen molar-refractivity contribution in [1.82, 2.24) is 0 Å². The number of para-hydroxylation sites is 1. The molecule has 1 rings (SSSR count). The fourth-order valence-electron chi connectivity index (χ4n) is 0.840. The Morgan fingerprint density at radius 1 is 1.43 bits per heavy atom. The zero-order valence-electron chi connectivity index (χ0n) is 7.35. The van der Waals surface area contributed by atoms with Crippen molar-refractivity contribution in [1.29, 1.82) is 0 Å². The molecule has 0 radical (unpaired) electrons. The summed E-state index contributed by atoms with van der Waals surface area (Å²) in [7, 11) is 0. The lowest BCUT2D eigenvalue weighted by molar-refractivity contribution is -0.115. The van der Waals surface area contributed by atoms with Crippen molar-refractivity contribution in [3.63, 3.8) is 0 Å². The van der Waals surface area contributed by atoms with E-state index in [1.165, 1.54) is 0 Å². The highest BCUT2D eigenvalue weighted by Gasteiger charge is 2.12. The molecule has 1 unspecified atom stereocenters. The average Bonchev–Trinajstić information content (AvgIpc) is 2.11. The highest BCUT2D eigenvalue weighted by molar-refractivity contribution is 9.10. The van der Waals surface area contributed by atoms with Crippen LogP contribution in [0.5, 0.6) is 0 Å². The molecule has 0 aliphatic heterocycles. The van der Waals surface area contributed by atoms with Crippen LogP contribution < -0.4 is 5.32 Å². The number of carbonyl (C=O) groups excluding carboxylic acids is 1. The third kappa shape index (κ3) is 2.87. The summed E-state index contributed by atoms with van der Waals surface area (Å²) in [4.78, 5) is 11.1. The van der Waals surface area contributed by atoms with Gasteiger partial charge < -0.3 is 5.32 Å². The maximum atomic E-state index is 11.3. The lowest BCUT2D eigenvalue weighted by Crippen LogP contribution is -2.20. The monoisotopic (exact) mass is 295 g/mol. The zero-order chi connectivity index (χ0) is 10.7. The van der Waals surface area contributed by atoms with E-state index >= 15 is 0 Å². The molecule has 1 N–H and O–H groups in total. The summed E-state index contributed by atoms with van der Waals surface area (Å²) in [6.07, 6.45) is 0. The first-order chi connectivity index (χ1) is 6.52. The Morgan fingerprint density at radius 2 is 1.93 bits per heavy atom. The summed E-state index contributed by atoms with van der Waals surface area (Å²) in [6, 6.07) is 5.06. The predicted octanol–water partition coefficient (Wildman–Crippen LogP) is 3.72. The van der Waals surface area contributed by atoms with E-state index in [2.05, 4.69) is 21.2 Å². The van der Waals surface area contributed by atoms with Gasteiger partial charge in [-0.3, -0.25) is 4.79 Å². The largest absolute Gasteiger partial charge is 0.323 e. The molecule has 0 aromatic heterocycles. The number of benzene rings is 1. The summed E-state index contributed by atoms with van der Waals surface area (Å²) >= 11 is 14.9. The molecule has 0 spiro atoms. The van der Waals surface area contributed by atoms with Crippen molar-refractivity contribution in [2.24, 2.45) is 0 Å². The van der Waals surface area contributed by atoms with E-state index in [-0.39, 0.29) is 10.7 Å². The predicted molar refractivity (Wildman–Crippen MR) is 63.5 cm³/mol. The van der Waals surface area contributed by atoms with Gasteiger partial charge in [0.1, 0.15) is 0 Å². The van der Waals surface area contributed by atoms with E-state index in [9.17, 15) is 4.79 Å². The van der Waals surface area contributed by atoms with E-state index in [1.54, 1.807) is 25.1 Å². The van der Waals surface area contributed by atoms with Gasteiger partial charge in [-0.1, -0.05) is 45.2 Å². The first kappa shape index (κ1) is 11.8. The Labute approximate surface area is 101 Å². The fourth-order valence-corrected chi connectivity index (χ4v) is 1.45. The third-order valence-electron chi connectivity index (χ3n) is 1.57. The molecule has 0 saturated heterocycles. The molecule has 0 bridgehead atoms. The van der Waals surface area contributed by atoms with E-state index in [0.717, 1.165) is 0 Å². The van der Waals surface area contributed by atoms with Gasteiger partial charge >= 0.3 is 0 Å². The van der Waals surface area contributed by atoms with Crippen LogP contribution in [0.25, 0.3) is 0 Å². The molecule has 1 atom stereocenters. The SMILES string of the molecule is CC(Br)C(=O)Nc1c(Cl)cccc1Cl. The summed E-state index contributed by atoms with van der Waals surface area (Å²) in [5.41, 5.74) is 0.451. The van der Waals surface area contributed by atoms with Crippen molar-refractivity contribution < 1.29 is 4.79 Å². The number of anilines is 1. The Kier molecular flexibility index (Phi) is 4.23. The van der Waals surface area contributed by atoms with E-state index < -0.39 is 0 Å². The molecular formula is C9H8BrCl2NO. The van der Waals surface area contributed by atoms with Crippen LogP contribution in [0.1, 0.15) is 6.92 Å². The van der Waals surface area contributed by atoms with Gasteiger partial charge in [0.05, 0.1) is 20.6 Å². The minimum Gasteiger partial charge on any atom is -0.323 e. The molecule has 1 aromatic rings. The van der Waals surface area contributed by atoms with Gasteiger partial charge in [-0.15, -0.1) is 0 Å². The van der Waals surface area contributed by atoms with Crippen LogP contribution >= 0.6 is 39.1 Å². The van der Waals surface area contributed by atoms with Gasteiger partial charge in [0, 0.05) is 0 Å². The zero-order valence-corrected chi connectivity index (χ0v) is 10.4. The molecule has 0 aliphatic carbocycles. The fraction of sp³-hybridized carbons (Fsp3) is 0.222. The number of hydrogen-bond acceptors (Lipinski definition) is 1. The summed E-state index contributed by atoms with van der Waals surface area (Å²) in [5.74, 6) is -0.181. The van der Waals surface area contributed by atoms with Gasteiger partial charge in [-0.05, 0) is 19.1 Å². The van der Waals surface area contributed by atoms with Gasteiger partial charge in [-0.25, -0.2) is 0 Å². The number of hydrogen-bond donors (Lipinski definition) is 1. The molecule has 2 nitrogen and oxygen atoms in total. The van der Waals surface area contributed by atoms with Crippen LogP contribution in [0.3, 0.4) is 0 Å². The molecular weight excluding hydrogens is 289 g/mol. The number of nitrogens with one attached hydrogen (secondary N) is 1. The van der Waals surface area contributed by atoms with E-state index in [0.29, 0.717) is 15.7 Å². The second-order valence-corrected chi connectivity index (χ2v) is 4.89. The highest BCUT2D eigenvalue weighted by Crippen LogP contribution is 2.29. The molecule has 0 saturated carbocycles. The standard InChI is InChI=1S/C9H8BrCl2NO/c1-5(10)9(14)13-8-6(11)3-2-4-7(8)12/h2-5H,1H3,(H,13,14). The molecule has 76 valence electrons. The Bertz CT molecular complexity index is 334. The minimum absolute atomic E-state index is 0.181. The molecule has 0 aliphatic rings. The van der Waals surface area contributed by atoms with Crippen LogP contribution in [0, 0.1) is 0 Å². The first-order valence-electron chi connectivity index (χ1n) is 3.91. The van der Waals surface area contributed by atoms with Crippen molar-refractivity contribution in [3.8, 4) is 0 Å². The van der Waals surface area contributed by atoms with Gasteiger partial charge in [0.25, 0.3) is 0 Å². The van der Waals surface area contributed by atoms with E-state index in [4.69, 9.17) is 23.2 Å². The van der Waals surface area contributed by atoms with Crippen molar-refractivity contribution in [2.45, 2.75) is 11.8 Å². The number of alkyl halides is 1. The average molecular weight is 297 g/mol. The summed E-state index contributed by atoms with van der Waals surface area (Å²) < 4.78 is 0. The third-order valence-corrected chi connectivity index (χ3v) is 2.62. The number of rotatable bonds is 2. The number of carbonyl (C=O) groups is 1. The van der Waals surface area contributed by atoms with Gasteiger partial charge in [-0.2, -0.15) is 0 Å². The van der Waals surface area contributed by atoms with Crippen molar-refractivity contribution in [2.75, 3.05) is 5.32 Å². The van der Waals surface area contributed by atoms with Crippen LogP contribution in [0.2, 0.25) is 10.0 Å². The van der Waals surface area contributed by atoms with Crippen molar-refractivity contribution in [3.05, 3.63) is 28.2 Å². The van der Waals surface area contributed by atoms with E-state index in [1.807, 2.05) is 0 Å². The molecule has 0 fully saturated rings. The summed E-state index contributed by atoms with van der Waals surface area (Å²) in [5, 5.41) is 3.49. The topological polar surface area (TPSA) is 29.1 Å². The highest BCUT2D eigenvalue weighted by atomic mass is 79.9. The minimum atomic E-state index is -0.283. The quantitative estimate of drug-likeness (QED) is 0.828. The van der Waals surface area contributed by atoms with Crippen LogP contribution in [-0.4, -0.2) is 10.7 Å². The molecule has 0 heterocycles. The maximum absolute atomic E-state index is 11.3. The van der Waals surface area contributed by atoms with Gasteiger partial charge in [0.2, 0.25) is 5.91 Å². The lowest BCUT2D eigenvalue weighted by atomic mass is 10.3. The molecule has 1 aromatic carbocycles. The smallest absolute Gasteiger partial charge is 0.237 e. The summed E-state index contributed by atoms with van der Waals surface area (Å²) in [6.45, 7) is 1.72. The Hall–Kier alpha value is -0.250. The molecule has 14 heavy (non-hydrogen) atoms. The van der Waals surface area contributed by atoms with Crippen molar-refractivity contribution >= 4 is 50.7 Å². The van der Waals surface area contributed by atoms with Crippen LogP contribution in [-0.2, 0) is 4.79 Å². The van der Waals surface area contributed by atoms with Crippen LogP contribution in [0.15, 0.2) is 18.2 Å².